The molecule has 5 unspecified atom stereocenters. The Morgan fingerprint density at radius 3 is 1.65 bits per heavy atom. The van der Waals surface area contributed by atoms with Gasteiger partial charge in [-0.25, -0.2) is 0 Å². The van der Waals surface area contributed by atoms with Gasteiger partial charge in [0.15, 0.2) is 0 Å². The van der Waals surface area contributed by atoms with Crippen molar-refractivity contribution in [1.29, 1.82) is 0 Å². The molecule has 0 aromatic carbocycles. The van der Waals surface area contributed by atoms with Gasteiger partial charge in [-0.15, -0.1) is 0 Å². The first-order chi connectivity index (χ1) is 19.8. The smallest absolute Gasteiger partial charge is 0.307 e. The van der Waals surface area contributed by atoms with Crippen LogP contribution in [0.15, 0.2) is 12.2 Å². The first-order valence-corrected chi connectivity index (χ1v) is 17.5. The number of carbonyl (C=O) groups excluding carboxylic acids is 2. The third-order valence-electron chi connectivity index (χ3n) is 9.38. The minimum Gasteiger partial charge on any atom is -0.481 e. The molecule has 0 heterocycles. The highest BCUT2D eigenvalue weighted by Gasteiger charge is 2.45. The third-order valence-corrected chi connectivity index (χ3v) is 9.38. The Kier molecular flexibility index (Phi) is 28.5. The van der Waals surface area contributed by atoms with E-state index >= 15 is 0 Å². The molecule has 0 radical (unpaired) electrons. The van der Waals surface area contributed by atoms with Crippen molar-refractivity contribution in [2.24, 2.45) is 41.4 Å². The zero-order valence-corrected chi connectivity index (χ0v) is 29.6. The molecule has 0 fully saturated rings. The molecule has 0 aromatic heterocycles. The maximum Gasteiger partial charge on any atom is 0.307 e. The summed E-state index contributed by atoms with van der Waals surface area (Å²) in [6, 6.07) is 0. The second-order valence-electron chi connectivity index (χ2n) is 13.5. The molecule has 0 aliphatic heterocycles. The second kappa shape index (κ2) is 26.7. The molecule has 0 spiro atoms. The average molecular weight is 610 g/mol. The molecule has 1 aliphatic carbocycles. The Morgan fingerprint density at radius 1 is 0.791 bits per heavy atom. The first kappa shape index (κ1) is 45.8. The van der Waals surface area contributed by atoms with Crippen molar-refractivity contribution in [3.63, 3.8) is 0 Å². The van der Waals surface area contributed by atoms with Gasteiger partial charge >= 0.3 is 5.97 Å². The van der Waals surface area contributed by atoms with Crippen LogP contribution in [0.5, 0.6) is 0 Å². The van der Waals surface area contributed by atoms with Crippen LogP contribution in [0.1, 0.15) is 167 Å². The molecule has 0 saturated carbocycles. The summed E-state index contributed by atoms with van der Waals surface area (Å²) >= 11 is 0. The topological polar surface area (TPSA) is 83.5 Å². The molecule has 1 rings (SSSR count). The fourth-order valence-corrected chi connectivity index (χ4v) is 5.28. The number of aldehydes is 1. The van der Waals surface area contributed by atoms with Gasteiger partial charge in [0.25, 0.3) is 0 Å². The maximum atomic E-state index is 13.6. The van der Waals surface area contributed by atoms with Gasteiger partial charge in [0.05, 0.1) is 11.8 Å². The monoisotopic (exact) mass is 610 g/mol. The van der Waals surface area contributed by atoms with Gasteiger partial charge in [-0.05, 0) is 62.7 Å². The van der Waals surface area contributed by atoms with Crippen LogP contribution in [0.4, 0.5) is 0 Å². The molecule has 5 heteroatoms. The fraction of sp³-hybridized carbons (Fsp3) is 0.868. The highest BCUT2D eigenvalue weighted by atomic mass is 16.4. The molecule has 5 nitrogen and oxygen atoms in total. The quantitative estimate of drug-likeness (QED) is 0.0866. The van der Waals surface area contributed by atoms with E-state index in [1.54, 1.807) is 0 Å². The summed E-state index contributed by atoms with van der Waals surface area (Å²) in [6.07, 6.45) is 18.0. The summed E-state index contributed by atoms with van der Waals surface area (Å²) in [5.74, 6) is -0.272. The Labute approximate surface area is 268 Å². The highest BCUT2D eigenvalue weighted by molar-refractivity contribution is 5.86. The van der Waals surface area contributed by atoms with Crippen LogP contribution in [0, 0.1) is 41.4 Å². The fourth-order valence-electron chi connectivity index (χ4n) is 5.28. The molecular weight excluding hydrogens is 534 g/mol. The van der Waals surface area contributed by atoms with E-state index in [4.69, 9.17) is 0 Å². The number of hydrogen-bond acceptors (Lipinski definition) is 3. The van der Waals surface area contributed by atoms with Crippen LogP contribution in [0.2, 0.25) is 0 Å². The van der Waals surface area contributed by atoms with Gasteiger partial charge in [0.2, 0.25) is 5.91 Å². The van der Waals surface area contributed by atoms with Crippen LogP contribution in [0.25, 0.3) is 0 Å². The molecule has 256 valence electrons. The SMILES string of the molecule is C.CC.CC(C)C(C)C.CCCCCCC1C=CC(CCCCCCCC=O)C(C(=O)NC(C)(C)C(C)CC)C1C(=O)O. The lowest BCUT2D eigenvalue weighted by molar-refractivity contribution is -0.151. The summed E-state index contributed by atoms with van der Waals surface area (Å²) in [5, 5.41) is 13.5. The molecule has 5 atom stereocenters. The molecule has 1 amide bonds. The molecular formula is C38H75NO4. The second-order valence-corrected chi connectivity index (χ2v) is 13.5. The number of allylic oxidation sites excluding steroid dienone is 2. The average Bonchev–Trinajstić information content (AvgIpc) is 2.95. The van der Waals surface area contributed by atoms with Crippen LogP contribution < -0.4 is 5.32 Å². The Morgan fingerprint density at radius 2 is 1.23 bits per heavy atom. The molecule has 0 saturated heterocycles. The normalized spacial score (nSPS) is 20.2. The predicted molar refractivity (Wildman–Crippen MR) is 187 cm³/mol. The third kappa shape index (κ3) is 19.4. The zero-order chi connectivity index (χ0) is 32.7. The minimum atomic E-state index is -0.842. The lowest BCUT2D eigenvalue weighted by Crippen LogP contribution is -2.54. The molecule has 1 aliphatic rings. The van der Waals surface area contributed by atoms with E-state index in [1.165, 1.54) is 0 Å². The molecule has 0 bridgehead atoms. The summed E-state index contributed by atoms with van der Waals surface area (Å²) in [7, 11) is 0. The van der Waals surface area contributed by atoms with Crippen molar-refractivity contribution >= 4 is 18.2 Å². The number of unbranched alkanes of at least 4 members (excludes halogenated alkanes) is 8. The van der Waals surface area contributed by atoms with Crippen molar-refractivity contribution < 1.29 is 19.5 Å². The van der Waals surface area contributed by atoms with Crippen molar-refractivity contribution in [1.82, 2.24) is 5.32 Å². The van der Waals surface area contributed by atoms with Gasteiger partial charge < -0.3 is 15.2 Å². The lowest BCUT2D eigenvalue weighted by Gasteiger charge is -2.40. The standard InChI is InChI=1S/C29H51NO4.C6H14.C2H6.CH4/c1-6-8-9-14-18-24-20-19-23(17-15-12-10-11-13-16-21-31)25(26(24)28(33)34)27(32)30-29(4,5)22(3)7-2;1-5(2)6(3)4;1-2;/h19-26H,6-18H2,1-5H3,(H,30,32)(H,33,34);5-6H,1-4H3;1-2H3;1H4. The Hall–Kier alpha value is -1.65. The Balaban J connectivity index is -0.00000157. The van der Waals surface area contributed by atoms with Gasteiger partial charge in [-0.3, -0.25) is 9.59 Å². The molecule has 43 heavy (non-hydrogen) atoms. The number of carboxylic acids is 1. The van der Waals surface area contributed by atoms with Crippen molar-refractivity contribution in [2.45, 2.75) is 173 Å². The van der Waals surface area contributed by atoms with E-state index in [2.05, 4.69) is 65.9 Å². The number of hydrogen-bond donors (Lipinski definition) is 2. The largest absolute Gasteiger partial charge is 0.481 e. The van der Waals surface area contributed by atoms with E-state index < -0.39 is 17.8 Å². The van der Waals surface area contributed by atoms with Crippen molar-refractivity contribution in [3.8, 4) is 0 Å². The summed E-state index contributed by atoms with van der Waals surface area (Å²) in [4.78, 5) is 36.6. The number of nitrogens with one attached hydrogen (secondary N) is 1. The van der Waals surface area contributed by atoms with E-state index in [0.29, 0.717) is 12.3 Å². The van der Waals surface area contributed by atoms with Gasteiger partial charge in [0, 0.05) is 12.0 Å². The van der Waals surface area contributed by atoms with Crippen molar-refractivity contribution in [2.75, 3.05) is 0 Å². The minimum absolute atomic E-state index is 0. The number of rotatable bonds is 19. The summed E-state index contributed by atoms with van der Waals surface area (Å²) < 4.78 is 0. The van der Waals surface area contributed by atoms with E-state index in [0.717, 1.165) is 95.2 Å². The predicted octanol–water partition coefficient (Wildman–Crippen LogP) is 10.9. The lowest BCUT2D eigenvalue weighted by atomic mass is 9.67. The summed E-state index contributed by atoms with van der Waals surface area (Å²) in [5.41, 5.74) is -0.379. The van der Waals surface area contributed by atoms with Crippen LogP contribution in [0.3, 0.4) is 0 Å². The number of aliphatic carboxylic acids is 1. The number of carbonyl (C=O) groups is 3. The van der Waals surface area contributed by atoms with E-state index in [1.807, 2.05) is 27.7 Å². The maximum absolute atomic E-state index is 13.6. The van der Waals surface area contributed by atoms with Crippen LogP contribution in [-0.4, -0.2) is 28.8 Å². The summed E-state index contributed by atoms with van der Waals surface area (Å²) in [6.45, 7) is 23.5. The number of carboxylic acid groups (broad SMARTS) is 1. The van der Waals surface area contributed by atoms with Crippen LogP contribution in [-0.2, 0) is 14.4 Å². The van der Waals surface area contributed by atoms with Gasteiger partial charge in [-0.2, -0.15) is 0 Å². The van der Waals surface area contributed by atoms with E-state index in [-0.39, 0.29) is 30.7 Å². The van der Waals surface area contributed by atoms with Crippen molar-refractivity contribution in [3.05, 3.63) is 12.2 Å². The first-order valence-electron chi connectivity index (χ1n) is 17.5. The van der Waals surface area contributed by atoms with Gasteiger partial charge in [-0.1, -0.05) is 140 Å². The molecule has 2 N–H and O–H groups in total. The van der Waals surface area contributed by atoms with Gasteiger partial charge in [0.1, 0.15) is 6.29 Å². The Bertz CT molecular complexity index is 721. The zero-order valence-electron chi connectivity index (χ0n) is 29.6. The molecule has 0 aromatic rings. The highest BCUT2D eigenvalue weighted by Crippen LogP contribution is 2.40. The van der Waals surface area contributed by atoms with Crippen LogP contribution >= 0.6 is 0 Å². The number of amides is 1. The van der Waals surface area contributed by atoms with E-state index in [9.17, 15) is 19.5 Å².